The van der Waals surface area contributed by atoms with Crippen LogP contribution in [0.5, 0.6) is 0 Å². The average Bonchev–Trinajstić information content (AvgIpc) is 3.58. The Labute approximate surface area is 230 Å². The summed E-state index contributed by atoms with van der Waals surface area (Å²) in [7, 11) is 0. The number of hydrazone groups is 1. The number of halogens is 2. The third-order valence-electron chi connectivity index (χ3n) is 7.01. The number of nitrogens with zero attached hydrogens (tertiary/aromatic N) is 2. The maximum atomic E-state index is 13.9. The van der Waals surface area contributed by atoms with Crippen LogP contribution < -0.4 is 15.6 Å². The lowest BCUT2D eigenvalue weighted by molar-refractivity contribution is -0.119. The summed E-state index contributed by atoms with van der Waals surface area (Å²) in [6, 6.07) is 20.2. The first-order valence-corrected chi connectivity index (χ1v) is 13.1. The molecular weight excluding hydrogens is 518 g/mol. The minimum Gasteiger partial charge on any atom is -0.389 e. The summed E-state index contributed by atoms with van der Waals surface area (Å²) in [4.78, 5) is 25.8. The van der Waals surface area contributed by atoms with Crippen LogP contribution in [0.3, 0.4) is 0 Å². The number of nitrogens with one attached hydrogen (secondary N) is 2. The molecule has 2 aliphatic rings. The molecule has 0 radical (unpaired) electrons. The van der Waals surface area contributed by atoms with Gasteiger partial charge in [-0.25, -0.2) is 8.78 Å². The van der Waals surface area contributed by atoms with E-state index >= 15 is 0 Å². The zero-order valence-corrected chi connectivity index (χ0v) is 21.7. The molecule has 2 aliphatic heterocycles. The molecule has 2 amide bonds. The van der Waals surface area contributed by atoms with Gasteiger partial charge in [-0.05, 0) is 48.2 Å². The van der Waals surface area contributed by atoms with E-state index in [-0.39, 0.29) is 36.1 Å². The highest BCUT2D eigenvalue weighted by molar-refractivity contribution is 6.44. The highest BCUT2D eigenvalue weighted by atomic mass is 19.1. The van der Waals surface area contributed by atoms with Gasteiger partial charge in [-0.3, -0.25) is 9.59 Å². The SMILES string of the molecule is O=C(N[C@@H](Cc1cc(F)cc(F)c1)[C@H](O)[C@H]1C[C@@H](OCc2ccccc2)CN1)C1=NN(c2ccccc2)C(=O)C1. The van der Waals surface area contributed by atoms with E-state index in [0.717, 1.165) is 28.8 Å². The third-order valence-corrected chi connectivity index (χ3v) is 7.01. The Morgan fingerprint density at radius 1 is 1.05 bits per heavy atom. The number of benzene rings is 3. The molecule has 4 atom stereocenters. The quantitative estimate of drug-likeness (QED) is 0.362. The molecule has 0 saturated carbocycles. The lowest BCUT2D eigenvalue weighted by Gasteiger charge is -2.28. The van der Waals surface area contributed by atoms with Crippen LogP contribution >= 0.6 is 0 Å². The van der Waals surface area contributed by atoms with Crippen LogP contribution in [0.2, 0.25) is 0 Å². The third kappa shape index (κ3) is 6.77. The number of carbonyl (C=O) groups excluding carboxylic acids is 2. The fraction of sp³-hybridized carbons (Fsp3) is 0.300. The van der Waals surface area contributed by atoms with E-state index in [0.29, 0.717) is 25.3 Å². The van der Waals surface area contributed by atoms with Gasteiger partial charge in [0.15, 0.2) is 0 Å². The van der Waals surface area contributed by atoms with Crippen molar-refractivity contribution in [1.82, 2.24) is 10.6 Å². The molecule has 3 aromatic carbocycles. The van der Waals surface area contributed by atoms with E-state index in [4.69, 9.17) is 4.74 Å². The molecule has 0 aromatic heterocycles. The second-order valence-electron chi connectivity index (χ2n) is 9.99. The van der Waals surface area contributed by atoms with E-state index in [9.17, 15) is 23.5 Å². The lowest BCUT2D eigenvalue weighted by atomic mass is 9.94. The monoisotopic (exact) mass is 548 g/mol. The maximum absolute atomic E-state index is 13.9. The Hall–Kier alpha value is -3.99. The number of anilines is 1. The number of hydrogen-bond acceptors (Lipinski definition) is 6. The summed E-state index contributed by atoms with van der Waals surface area (Å²) >= 11 is 0. The van der Waals surface area contributed by atoms with Crippen molar-refractivity contribution in [2.75, 3.05) is 11.6 Å². The highest BCUT2D eigenvalue weighted by Gasteiger charge is 2.37. The van der Waals surface area contributed by atoms with Gasteiger partial charge in [0.25, 0.3) is 11.8 Å². The Morgan fingerprint density at radius 2 is 1.73 bits per heavy atom. The zero-order chi connectivity index (χ0) is 28.1. The van der Waals surface area contributed by atoms with Gasteiger partial charge in [-0.15, -0.1) is 0 Å². The second kappa shape index (κ2) is 12.5. The number of aliphatic hydroxyl groups is 1. The average molecular weight is 549 g/mol. The number of ether oxygens (including phenoxy) is 1. The van der Waals surface area contributed by atoms with Crippen LogP contribution in [0.1, 0.15) is 24.0 Å². The van der Waals surface area contributed by atoms with Gasteiger partial charge in [0.1, 0.15) is 17.3 Å². The highest BCUT2D eigenvalue weighted by Crippen LogP contribution is 2.22. The summed E-state index contributed by atoms with van der Waals surface area (Å²) in [6.45, 7) is 0.918. The van der Waals surface area contributed by atoms with E-state index < -0.39 is 35.7 Å². The van der Waals surface area contributed by atoms with Crippen LogP contribution in [0, 0.1) is 11.6 Å². The van der Waals surface area contributed by atoms with Gasteiger partial charge in [0.05, 0.1) is 37.0 Å². The molecule has 1 fully saturated rings. The minimum absolute atomic E-state index is 0.0140. The number of aliphatic hydroxyl groups excluding tert-OH is 1. The summed E-state index contributed by atoms with van der Waals surface area (Å²) in [5.41, 5.74) is 1.81. The van der Waals surface area contributed by atoms with Gasteiger partial charge >= 0.3 is 0 Å². The van der Waals surface area contributed by atoms with Crippen molar-refractivity contribution >= 4 is 23.2 Å². The largest absolute Gasteiger partial charge is 0.389 e. The van der Waals surface area contributed by atoms with Crippen LogP contribution in [-0.4, -0.2) is 53.5 Å². The molecule has 3 N–H and O–H groups in total. The van der Waals surface area contributed by atoms with Crippen molar-refractivity contribution in [3.8, 4) is 0 Å². The van der Waals surface area contributed by atoms with Crippen LogP contribution in [0.15, 0.2) is 84.0 Å². The lowest BCUT2D eigenvalue weighted by Crippen LogP contribution is -2.53. The van der Waals surface area contributed by atoms with Crippen LogP contribution in [-0.2, 0) is 27.4 Å². The Bertz CT molecular complexity index is 1350. The number of hydrogen-bond donors (Lipinski definition) is 3. The topological polar surface area (TPSA) is 103 Å². The molecule has 40 heavy (non-hydrogen) atoms. The first-order chi connectivity index (χ1) is 19.4. The fourth-order valence-electron chi connectivity index (χ4n) is 5.01. The molecule has 0 spiro atoms. The van der Waals surface area contributed by atoms with Gasteiger partial charge < -0.3 is 20.5 Å². The van der Waals surface area contributed by atoms with Crippen molar-refractivity contribution < 1.29 is 28.2 Å². The molecule has 1 saturated heterocycles. The summed E-state index contributed by atoms with van der Waals surface area (Å²) < 4.78 is 33.9. The zero-order valence-electron chi connectivity index (χ0n) is 21.7. The van der Waals surface area contributed by atoms with Crippen LogP contribution in [0.25, 0.3) is 0 Å². The number of para-hydroxylation sites is 1. The summed E-state index contributed by atoms with van der Waals surface area (Å²) in [5, 5.41) is 22.7. The first-order valence-electron chi connectivity index (χ1n) is 13.1. The molecule has 8 nitrogen and oxygen atoms in total. The molecule has 2 heterocycles. The van der Waals surface area contributed by atoms with Gasteiger partial charge in [-0.1, -0.05) is 48.5 Å². The van der Waals surface area contributed by atoms with Crippen molar-refractivity contribution in [2.45, 2.75) is 50.2 Å². The normalized spacial score (nSPS) is 20.3. The molecule has 0 bridgehead atoms. The van der Waals surface area contributed by atoms with Gasteiger partial charge in [0.2, 0.25) is 0 Å². The Morgan fingerprint density at radius 3 is 2.42 bits per heavy atom. The molecule has 0 aliphatic carbocycles. The standard InChI is InChI=1S/C30H30F2N4O4/c31-21-11-20(12-22(32)14-21)13-26(29(38)25-15-24(17-33-25)40-18-19-7-3-1-4-8-19)34-30(39)27-16-28(37)36(35-27)23-9-5-2-6-10-23/h1-12,14,24-26,29,33,38H,13,15-18H2,(H,34,39)/t24-,25-,26+,29-/m1/s1. The second-order valence-corrected chi connectivity index (χ2v) is 9.99. The molecule has 10 heteroatoms. The maximum Gasteiger partial charge on any atom is 0.268 e. The molecular formula is C30H30F2N4O4. The number of rotatable bonds is 10. The van der Waals surface area contributed by atoms with Crippen molar-refractivity contribution in [3.63, 3.8) is 0 Å². The first kappa shape index (κ1) is 27.6. The molecule has 0 unspecified atom stereocenters. The van der Waals surface area contributed by atoms with Crippen molar-refractivity contribution in [2.24, 2.45) is 5.10 Å². The predicted molar refractivity (Wildman–Crippen MR) is 145 cm³/mol. The van der Waals surface area contributed by atoms with Gasteiger partial charge in [0, 0.05) is 18.7 Å². The Kier molecular flexibility index (Phi) is 8.59. The Balaban J connectivity index is 1.29. The summed E-state index contributed by atoms with van der Waals surface area (Å²) in [5.74, 6) is -2.52. The van der Waals surface area contributed by atoms with E-state index in [1.807, 2.05) is 30.3 Å². The smallest absolute Gasteiger partial charge is 0.268 e. The van der Waals surface area contributed by atoms with E-state index in [2.05, 4.69) is 15.7 Å². The summed E-state index contributed by atoms with van der Waals surface area (Å²) in [6.07, 6.45) is -1.07. The molecule has 208 valence electrons. The molecule has 5 rings (SSSR count). The van der Waals surface area contributed by atoms with Crippen molar-refractivity contribution in [3.05, 3.63) is 102 Å². The fourth-order valence-corrected chi connectivity index (χ4v) is 5.01. The number of amides is 2. The van der Waals surface area contributed by atoms with Gasteiger partial charge in [-0.2, -0.15) is 10.1 Å². The van der Waals surface area contributed by atoms with E-state index in [1.54, 1.807) is 30.3 Å². The van der Waals surface area contributed by atoms with Crippen molar-refractivity contribution in [1.29, 1.82) is 0 Å². The van der Waals surface area contributed by atoms with E-state index in [1.165, 1.54) is 0 Å². The van der Waals surface area contributed by atoms with Crippen LogP contribution in [0.4, 0.5) is 14.5 Å². The number of carbonyl (C=O) groups is 2. The predicted octanol–water partition coefficient (Wildman–Crippen LogP) is 3.09. The minimum atomic E-state index is -1.12. The molecule has 3 aromatic rings.